The molecule has 3 aromatic carbocycles. The van der Waals surface area contributed by atoms with Crippen LogP contribution in [0, 0.1) is 12.7 Å². The number of anilines is 4. The van der Waals surface area contributed by atoms with E-state index in [2.05, 4.69) is 23.6 Å². The molecule has 1 atom stereocenters. The molecule has 41 heavy (non-hydrogen) atoms. The summed E-state index contributed by atoms with van der Waals surface area (Å²) >= 11 is 0. The first-order chi connectivity index (χ1) is 19.1. The molecule has 1 aromatic heterocycles. The van der Waals surface area contributed by atoms with Gasteiger partial charge in [-0.25, -0.2) is 14.4 Å². The number of fused-ring (bicyclic) bond motifs is 2. The number of benzene rings is 3. The van der Waals surface area contributed by atoms with E-state index in [1.54, 1.807) is 13.8 Å². The summed E-state index contributed by atoms with van der Waals surface area (Å²) in [6.45, 7) is 9.78. The van der Waals surface area contributed by atoms with Crippen molar-refractivity contribution in [3.8, 4) is 0 Å². The van der Waals surface area contributed by atoms with Crippen molar-refractivity contribution in [1.29, 1.82) is 0 Å². The largest absolute Gasteiger partial charge is 0.384 e. The van der Waals surface area contributed by atoms with Crippen LogP contribution >= 0.6 is 0 Å². The zero-order valence-electron chi connectivity index (χ0n) is 24.7. The average molecular weight is 564 g/mol. The van der Waals surface area contributed by atoms with Gasteiger partial charge in [0.05, 0.1) is 28.5 Å². The Balaban J connectivity index is 1.75. The molecule has 9 heteroatoms. The van der Waals surface area contributed by atoms with Crippen LogP contribution < -0.4 is 14.7 Å². The molecule has 0 saturated heterocycles. The Hall–Kier alpha value is -3.85. The molecule has 216 valence electrons. The van der Waals surface area contributed by atoms with Crippen molar-refractivity contribution in [2.24, 2.45) is 0 Å². The number of alkyl halides is 2. The second-order valence-electron chi connectivity index (χ2n) is 11.8. The van der Waals surface area contributed by atoms with Crippen LogP contribution in [0.15, 0.2) is 60.7 Å². The Labute approximate surface area is 239 Å². The van der Waals surface area contributed by atoms with Gasteiger partial charge in [-0.3, -0.25) is 0 Å². The van der Waals surface area contributed by atoms with Gasteiger partial charge in [0.2, 0.25) is 0 Å². The quantitative estimate of drug-likeness (QED) is 0.263. The van der Waals surface area contributed by atoms with Crippen LogP contribution in [0.3, 0.4) is 0 Å². The summed E-state index contributed by atoms with van der Waals surface area (Å²) in [5.74, 6) is -3.82. The van der Waals surface area contributed by atoms with Gasteiger partial charge in [0.25, 0.3) is 0 Å². The van der Waals surface area contributed by atoms with E-state index < -0.39 is 28.9 Å². The third-order valence-corrected chi connectivity index (χ3v) is 8.48. The maximum Gasteiger partial charge on any atom is 0.303 e. The second kappa shape index (κ2) is 9.62. The van der Waals surface area contributed by atoms with E-state index in [1.807, 2.05) is 61.5 Å². The number of hydrogen-bond donors (Lipinski definition) is 1. The fourth-order valence-corrected chi connectivity index (χ4v) is 5.49. The molecule has 0 amide bonds. The number of para-hydroxylation sites is 1. The Morgan fingerprint density at radius 2 is 1.54 bits per heavy atom. The normalized spacial score (nSPS) is 15.8. The summed E-state index contributed by atoms with van der Waals surface area (Å²) in [4.78, 5) is 15.8. The Bertz CT molecular complexity index is 1620. The first-order valence-electron chi connectivity index (χ1n) is 13.6. The Morgan fingerprint density at radius 1 is 0.927 bits per heavy atom. The van der Waals surface area contributed by atoms with Crippen molar-refractivity contribution >= 4 is 33.8 Å². The topological polar surface area (TPSA) is 55.7 Å². The SMILES string of the molecule is Cc1nc(N(c2ccccc2)[C@H](C)c2cccc(C(F)(F)C(C)(C)O)c2F)c2cc3c(cc2n1)N(C)C(C)(C)N3C. The number of rotatable bonds is 6. The summed E-state index contributed by atoms with van der Waals surface area (Å²) in [7, 11) is 4.07. The molecule has 0 unspecified atom stereocenters. The Kier molecular flexibility index (Phi) is 6.72. The maximum absolute atomic E-state index is 16.0. The lowest BCUT2D eigenvalue weighted by atomic mass is 9.90. The molecular formula is C32H36F3N5O. The summed E-state index contributed by atoms with van der Waals surface area (Å²) in [5, 5.41) is 10.9. The highest BCUT2D eigenvalue weighted by Crippen LogP contribution is 2.48. The third kappa shape index (κ3) is 4.47. The minimum Gasteiger partial charge on any atom is -0.384 e. The molecule has 0 aliphatic carbocycles. The smallest absolute Gasteiger partial charge is 0.303 e. The van der Waals surface area contributed by atoms with E-state index >= 15 is 13.2 Å². The van der Waals surface area contributed by atoms with E-state index in [0.29, 0.717) is 17.3 Å². The molecule has 1 aliphatic rings. The lowest BCUT2D eigenvalue weighted by Crippen LogP contribution is -2.48. The number of aliphatic hydroxyl groups is 1. The van der Waals surface area contributed by atoms with Gasteiger partial charge in [-0.2, -0.15) is 8.78 Å². The highest BCUT2D eigenvalue weighted by atomic mass is 19.3. The van der Waals surface area contributed by atoms with Crippen molar-refractivity contribution in [2.45, 2.75) is 64.8 Å². The molecule has 4 aromatic rings. The number of aromatic nitrogens is 2. The monoisotopic (exact) mass is 563 g/mol. The van der Waals surface area contributed by atoms with Gasteiger partial charge >= 0.3 is 5.92 Å². The van der Waals surface area contributed by atoms with Crippen LogP contribution in [0.25, 0.3) is 10.9 Å². The summed E-state index contributed by atoms with van der Waals surface area (Å²) < 4.78 is 46.4. The minimum atomic E-state index is -3.81. The molecule has 1 N–H and O–H groups in total. The number of hydrogen-bond acceptors (Lipinski definition) is 6. The zero-order chi connectivity index (χ0) is 30.1. The maximum atomic E-state index is 16.0. The number of halogens is 3. The fraction of sp³-hybridized carbons (Fsp3) is 0.375. The predicted molar refractivity (Wildman–Crippen MR) is 159 cm³/mol. The molecular weight excluding hydrogens is 527 g/mol. The molecule has 0 fully saturated rings. The van der Waals surface area contributed by atoms with Gasteiger partial charge in [0.15, 0.2) is 0 Å². The van der Waals surface area contributed by atoms with Crippen LogP contribution in [0.2, 0.25) is 0 Å². The van der Waals surface area contributed by atoms with Gasteiger partial charge in [0, 0.05) is 30.7 Å². The Morgan fingerprint density at radius 3 is 2.15 bits per heavy atom. The third-order valence-electron chi connectivity index (χ3n) is 8.48. The molecule has 1 aliphatic heterocycles. The van der Waals surface area contributed by atoms with E-state index in [1.165, 1.54) is 12.1 Å². The molecule has 0 bridgehead atoms. The molecule has 0 spiro atoms. The highest BCUT2D eigenvalue weighted by Gasteiger charge is 2.49. The number of nitrogens with zero attached hydrogens (tertiary/aromatic N) is 5. The second-order valence-corrected chi connectivity index (χ2v) is 11.8. The fourth-order valence-electron chi connectivity index (χ4n) is 5.49. The molecule has 2 heterocycles. The first-order valence-corrected chi connectivity index (χ1v) is 13.6. The van der Waals surface area contributed by atoms with Gasteiger partial charge in [-0.05, 0) is 71.9 Å². The molecule has 6 nitrogen and oxygen atoms in total. The average Bonchev–Trinajstić information content (AvgIpc) is 3.07. The number of aryl methyl sites for hydroxylation is 1. The van der Waals surface area contributed by atoms with Gasteiger partial charge in [0.1, 0.15) is 28.7 Å². The molecule has 5 rings (SSSR count). The van der Waals surface area contributed by atoms with Crippen molar-refractivity contribution in [2.75, 3.05) is 28.8 Å². The van der Waals surface area contributed by atoms with E-state index in [0.717, 1.165) is 42.2 Å². The van der Waals surface area contributed by atoms with E-state index in [-0.39, 0.29) is 11.2 Å². The van der Waals surface area contributed by atoms with Gasteiger partial charge < -0.3 is 19.8 Å². The van der Waals surface area contributed by atoms with Crippen molar-refractivity contribution in [3.05, 3.63) is 83.4 Å². The van der Waals surface area contributed by atoms with E-state index in [4.69, 9.17) is 9.97 Å². The van der Waals surface area contributed by atoms with Crippen LogP contribution in [-0.4, -0.2) is 40.4 Å². The van der Waals surface area contributed by atoms with Crippen LogP contribution in [0.4, 0.5) is 36.1 Å². The van der Waals surface area contributed by atoms with Crippen molar-refractivity contribution in [1.82, 2.24) is 9.97 Å². The minimum absolute atomic E-state index is 0.0545. The summed E-state index contributed by atoms with van der Waals surface area (Å²) in [5.41, 5.74) is -0.0653. The van der Waals surface area contributed by atoms with Crippen LogP contribution in [0.1, 0.15) is 57.6 Å². The van der Waals surface area contributed by atoms with Gasteiger partial charge in [-0.15, -0.1) is 0 Å². The standard InChI is InChI=1S/C32H36F3N5O/c1-19(22-15-12-16-24(28(22)33)32(34,35)30(3,4)41)40(21-13-10-9-11-14-21)29-23-17-26-27(18-25(23)36-20(2)37-29)39(8)31(5,6)38(26)7/h9-19,41H,1-8H3/t19-/m1/s1. The predicted octanol–water partition coefficient (Wildman–Crippen LogP) is 7.46. The first kappa shape index (κ1) is 28.7. The van der Waals surface area contributed by atoms with Crippen LogP contribution in [0.5, 0.6) is 0 Å². The molecule has 0 radical (unpaired) electrons. The molecule has 0 saturated carbocycles. The summed E-state index contributed by atoms with van der Waals surface area (Å²) in [6.07, 6.45) is 0. The van der Waals surface area contributed by atoms with E-state index in [9.17, 15) is 5.11 Å². The van der Waals surface area contributed by atoms with Crippen molar-refractivity contribution in [3.63, 3.8) is 0 Å². The van der Waals surface area contributed by atoms with Crippen molar-refractivity contribution < 1.29 is 18.3 Å². The highest BCUT2D eigenvalue weighted by molar-refractivity contribution is 5.99. The lowest BCUT2D eigenvalue weighted by molar-refractivity contribution is -0.170. The van der Waals surface area contributed by atoms with Crippen LogP contribution in [-0.2, 0) is 5.92 Å². The zero-order valence-corrected chi connectivity index (χ0v) is 24.7. The summed E-state index contributed by atoms with van der Waals surface area (Å²) in [6, 6.07) is 16.6. The lowest BCUT2D eigenvalue weighted by Gasteiger charge is -2.36. The van der Waals surface area contributed by atoms with Gasteiger partial charge in [-0.1, -0.05) is 30.3 Å².